The Morgan fingerprint density at radius 1 is 1.52 bits per heavy atom. The van der Waals surface area contributed by atoms with Crippen molar-refractivity contribution in [3.8, 4) is 0 Å². The van der Waals surface area contributed by atoms with Crippen LogP contribution in [0.2, 0.25) is 5.02 Å². The van der Waals surface area contributed by atoms with Gasteiger partial charge in [-0.2, -0.15) is 0 Å². The largest absolute Gasteiger partial charge is 0.467 e. The van der Waals surface area contributed by atoms with E-state index in [4.69, 9.17) is 21.7 Å². The number of amidine groups is 1. The second-order valence-electron chi connectivity index (χ2n) is 5.16. The first-order chi connectivity index (χ1) is 10.9. The summed E-state index contributed by atoms with van der Waals surface area (Å²) in [6.45, 7) is 0.108. The molecule has 1 heterocycles. The average molecular weight is 342 g/mol. The smallest absolute Gasteiger partial charge is 0.329 e. The third-order valence-corrected chi connectivity index (χ3v) is 3.90. The maximum absolute atomic E-state index is 13.1. The molecule has 0 aromatic heterocycles. The number of nitrogens with zero attached hydrogens (tertiary/aromatic N) is 1. The van der Waals surface area contributed by atoms with Gasteiger partial charge in [0.15, 0.2) is 0 Å². The number of ether oxygens (including phenoxy) is 1. The van der Waals surface area contributed by atoms with Crippen LogP contribution in [0.4, 0.5) is 9.18 Å². The van der Waals surface area contributed by atoms with Crippen LogP contribution in [-0.4, -0.2) is 35.9 Å². The zero-order chi connectivity index (χ0) is 17.0. The molecular formula is C15H17ClFN3O3. The lowest BCUT2D eigenvalue weighted by molar-refractivity contribution is -0.145. The summed E-state index contributed by atoms with van der Waals surface area (Å²) in [4.78, 5) is 25.2. The van der Waals surface area contributed by atoms with Crippen LogP contribution < -0.4 is 5.32 Å². The zero-order valence-corrected chi connectivity index (χ0v) is 13.3. The number of methoxy groups -OCH3 is 1. The maximum atomic E-state index is 13.1. The summed E-state index contributed by atoms with van der Waals surface area (Å²) in [6.07, 6.45) is 1.52. The highest BCUT2D eigenvalue weighted by Gasteiger charge is 2.36. The van der Waals surface area contributed by atoms with Crippen molar-refractivity contribution in [3.05, 3.63) is 34.6 Å². The maximum Gasteiger partial charge on any atom is 0.329 e. The van der Waals surface area contributed by atoms with Crippen LogP contribution in [0.15, 0.2) is 18.2 Å². The van der Waals surface area contributed by atoms with E-state index in [9.17, 15) is 14.0 Å². The fraction of sp³-hybridized carbons (Fsp3) is 0.400. The van der Waals surface area contributed by atoms with Crippen molar-refractivity contribution in [1.82, 2.24) is 10.2 Å². The van der Waals surface area contributed by atoms with E-state index in [2.05, 4.69) is 5.32 Å². The number of benzene rings is 1. The van der Waals surface area contributed by atoms with Gasteiger partial charge in [0.1, 0.15) is 17.7 Å². The van der Waals surface area contributed by atoms with Gasteiger partial charge >= 0.3 is 12.0 Å². The summed E-state index contributed by atoms with van der Waals surface area (Å²) < 4.78 is 17.8. The second kappa shape index (κ2) is 7.41. The van der Waals surface area contributed by atoms with Gasteiger partial charge in [0, 0.05) is 13.0 Å². The Kier molecular flexibility index (Phi) is 5.54. The Hall–Kier alpha value is -2.15. The Bertz CT molecular complexity index is 638. The number of likely N-dealkylation sites (tertiary alicyclic amines) is 1. The van der Waals surface area contributed by atoms with Crippen molar-refractivity contribution in [2.75, 3.05) is 7.11 Å². The summed E-state index contributed by atoms with van der Waals surface area (Å²) in [7, 11) is 1.25. The van der Waals surface area contributed by atoms with Gasteiger partial charge in [0.05, 0.1) is 12.1 Å². The lowest BCUT2D eigenvalue weighted by atomic mass is 10.0. The van der Waals surface area contributed by atoms with E-state index in [1.165, 1.54) is 25.3 Å². The SMILES string of the molecule is COC(=O)C1CCCC(=N)N1C(=O)NCc1ccc(F)c(Cl)c1. The lowest BCUT2D eigenvalue weighted by Gasteiger charge is -2.33. The predicted molar refractivity (Wildman–Crippen MR) is 82.9 cm³/mol. The number of amides is 2. The van der Waals surface area contributed by atoms with Gasteiger partial charge in [-0.15, -0.1) is 0 Å². The molecule has 23 heavy (non-hydrogen) atoms. The second-order valence-corrected chi connectivity index (χ2v) is 5.56. The molecule has 0 saturated carbocycles. The summed E-state index contributed by atoms with van der Waals surface area (Å²) in [6, 6.07) is 2.77. The molecule has 1 unspecified atom stereocenters. The van der Waals surface area contributed by atoms with E-state index in [1.54, 1.807) is 0 Å². The average Bonchev–Trinajstić information content (AvgIpc) is 2.54. The molecule has 124 valence electrons. The van der Waals surface area contributed by atoms with E-state index in [-0.39, 0.29) is 17.4 Å². The van der Waals surface area contributed by atoms with Crippen LogP contribution in [-0.2, 0) is 16.1 Å². The molecule has 1 aromatic rings. The van der Waals surface area contributed by atoms with E-state index in [0.29, 0.717) is 24.8 Å². The quantitative estimate of drug-likeness (QED) is 0.829. The molecule has 0 radical (unpaired) electrons. The molecule has 0 bridgehead atoms. The highest BCUT2D eigenvalue weighted by molar-refractivity contribution is 6.30. The molecule has 1 atom stereocenters. The van der Waals surface area contributed by atoms with E-state index < -0.39 is 23.9 Å². The number of carbonyl (C=O) groups is 2. The molecule has 1 saturated heterocycles. The van der Waals surface area contributed by atoms with Crippen molar-refractivity contribution in [3.63, 3.8) is 0 Å². The van der Waals surface area contributed by atoms with Crippen LogP contribution >= 0.6 is 11.6 Å². The molecule has 1 aliphatic rings. The fourth-order valence-corrected chi connectivity index (χ4v) is 2.64. The Morgan fingerprint density at radius 2 is 2.26 bits per heavy atom. The summed E-state index contributed by atoms with van der Waals surface area (Å²) in [5.41, 5.74) is 0.614. The molecule has 2 rings (SSSR count). The molecule has 2 amide bonds. The van der Waals surface area contributed by atoms with Crippen molar-refractivity contribution >= 4 is 29.4 Å². The number of piperidine rings is 1. The number of nitrogens with one attached hydrogen (secondary N) is 2. The first kappa shape index (κ1) is 17.2. The highest BCUT2D eigenvalue weighted by Crippen LogP contribution is 2.20. The minimum Gasteiger partial charge on any atom is -0.467 e. The van der Waals surface area contributed by atoms with Gasteiger partial charge in [-0.1, -0.05) is 17.7 Å². The van der Waals surface area contributed by atoms with E-state index >= 15 is 0 Å². The Balaban J connectivity index is 2.06. The zero-order valence-electron chi connectivity index (χ0n) is 12.6. The van der Waals surface area contributed by atoms with Gasteiger partial charge in [0.25, 0.3) is 0 Å². The fourth-order valence-electron chi connectivity index (χ4n) is 2.44. The van der Waals surface area contributed by atoms with Gasteiger partial charge in [-0.25, -0.2) is 14.0 Å². The number of hydrogen-bond donors (Lipinski definition) is 2. The number of halogens is 2. The van der Waals surface area contributed by atoms with Crippen LogP contribution in [0.5, 0.6) is 0 Å². The molecule has 0 spiro atoms. The van der Waals surface area contributed by atoms with Crippen molar-refractivity contribution in [2.24, 2.45) is 0 Å². The van der Waals surface area contributed by atoms with Crippen LogP contribution in [0, 0.1) is 11.2 Å². The minimum atomic E-state index is -0.793. The van der Waals surface area contributed by atoms with E-state index in [1.807, 2.05) is 0 Å². The molecular weight excluding hydrogens is 325 g/mol. The first-order valence-electron chi connectivity index (χ1n) is 7.10. The topological polar surface area (TPSA) is 82.5 Å². The molecule has 1 aliphatic heterocycles. The Morgan fingerprint density at radius 3 is 2.91 bits per heavy atom. The summed E-state index contributed by atoms with van der Waals surface area (Å²) >= 11 is 5.69. The molecule has 8 heteroatoms. The normalized spacial score (nSPS) is 17.8. The van der Waals surface area contributed by atoms with Gasteiger partial charge in [-0.05, 0) is 30.5 Å². The third-order valence-electron chi connectivity index (χ3n) is 3.61. The number of carbonyl (C=O) groups excluding carboxylic acids is 2. The molecule has 1 aromatic carbocycles. The van der Waals surface area contributed by atoms with Crippen LogP contribution in [0.3, 0.4) is 0 Å². The number of hydrogen-bond acceptors (Lipinski definition) is 4. The monoisotopic (exact) mass is 341 g/mol. The standard InChI is InChI=1S/C15H17ClFN3O3/c1-23-14(21)12-3-2-4-13(18)20(12)15(22)19-8-9-5-6-11(17)10(16)7-9/h5-7,12,18H,2-4,8H2,1H3,(H,19,22). The van der Waals surface area contributed by atoms with E-state index in [0.717, 1.165) is 4.90 Å². The lowest BCUT2D eigenvalue weighted by Crippen LogP contribution is -2.54. The van der Waals surface area contributed by atoms with Crippen LogP contribution in [0.25, 0.3) is 0 Å². The predicted octanol–water partition coefficient (Wildman–Crippen LogP) is 2.69. The van der Waals surface area contributed by atoms with Gasteiger partial charge in [0.2, 0.25) is 0 Å². The molecule has 6 nitrogen and oxygen atoms in total. The van der Waals surface area contributed by atoms with Crippen molar-refractivity contribution < 1.29 is 18.7 Å². The van der Waals surface area contributed by atoms with Gasteiger partial charge in [-0.3, -0.25) is 10.3 Å². The van der Waals surface area contributed by atoms with Crippen LogP contribution in [0.1, 0.15) is 24.8 Å². The molecule has 0 aliphatic carbocycles. The van der Waals surface area contributed by atoms with Crippen molar-refractivity contribution in [1.29, 1.82) is 5.41 Å². The van der Waals surface area contributed by atoms with Crippen molar-refractivity contribution in [2.45, 2.75) is 31.8 Å². The third kappa shape index (κ3) is 3.98. The summed E-state index contributed by atoms with van der Waals surface area (Å²) in [5, 5.41) is 10.5. The first-order valence-corrected chi connectivity index (χ1v) is 7.48. The van der Waals surface area contributed by atoms with Gasteiger partial charge < -0.3 is 10.1 Å². The number of rotatable bonds is 3. The number of urea groups is 1. The number of esters is 1. The summed E-state index contributed by atoms with van der Waals surface area (Å²) in [5.74, 6) is -1.01. The molecule has 2 N–H and O–H groups in total. The minimum absolute atomic E-state index is 0.0325. The molecule has 1 fully saturated rings. The Labute approximate surface area is 138 Å². The highest BCUT2D eigenvalue weighted by atomic mass is 35.5.